The van der Waals surface area contributed by atoms with Gasteiger partial charge >= 0.3 is 0 Å². The number of sulfonamides is 1. The van der Waals surface area contributed by atoms with Crippen LogP contribution in [0.1, 0.15) is 10.6 Å². The lowest BCUT2D eigenvalue weighted by molar-refractivity contribution is 0.603. The van der Waals surface area contributed by atoms with Crippen molar-refractivity contribution in [2.45, 2.75) is 17.7 Å². The topological polar surface area (TPSA) is 84.0 Å². The van der Waals surface area contributed by atoms with Crippen LogP contribution in [-0.4, -0.2) is 18.4 Å². The van der Waals surface area contributed by atoms with E-state index in [4.69, 9.17) is 0 Å². The fourth-order valence-corrected chi connectivity index (χ4v) is 4.33. The van der Waals surface area contributed by atoms with E-state index >= 15 is 0 Å². The second kappa shape index (κ2) is 6.98. The summed E-state index contributed by atoms with van der Waals surface area (Å²) in [7, 11) is -3.56. The summed E-state index contributed by atoms with van der Waals surface area (Å²) in [4.78, 5) is 9.38. The first-order valence-electron chi connectivity index (χ1n) is 7.22. The van der Waals surface area contributed by atoms with Gasteiger partial charge in [-0.1, -0.05) is 6.07 Å². The number of nitrogens with one attached hydrogen (secondary N) is 2. The molecule has 0 saturated heterocycles. The third kappa shape index (κ3) is 4.09. The number of aromatic nitrogens is 2. The molecule has 0 saturated carbocycles. The zero-order chi connectivity index (χ0) is 17.0. The van der Waals surface area contributed by atoms with Gasteiger partial charge in [0.05, 0.1) is 24.1 Å². The van der Waals surface area contributed by atoms with Crippen molar-refractivity contribution in [2.24, 2.45) is 0 Å². The van der Waals surface area contributed by atoms with Gasteiger partial charge in [-0.25, -0.2) is 13.4 Å². The van der Waals surface area contributed by atoms with E-state index in [1.54, 1.807) is 30.5 Å². The molecule has 0 aliphatic rings. The Morgan fingerprint density at radius 2 is 1.96 bits per heavy atom. The van der Waals surface area contributed by atoms with E-state index in [-0.39, 0.29) is 4.21 Å². The first-order valence-corrected chi connectivity index (χ1v) is 9.52. The third-order valence-corrected chi connectivity index (χ3v) is 6.05. The molecule has 0 atom stereocenters. The summed E-state index contributed by atoms with van der Waals surface area (Å²) < 4.78 is 27.3. The Hall–Kier alpha value is -2.45. The SMILES string of the molecule is Cc1ccc(S(=O)(=O)Nc2ccc(NCc3ccccn3)nc2)s1. The summed E-state index contributed by atoms with van der Waals surface area (Å²) in [5, 5.41) is 3.14. The highest BCUT2D eigenvalue weighted by Crippen LogP contribution is 2.23. The van der Waals surface area contributed by atoms with Crippen molar-refractivity contribution < 1.29 is 8.42 Å². The van der Waals surface area contributed by atoms with Gasteiger partial charge < -0.3 is 5.32 Å². The minimum atomic E-state index is -3.56. The monoisotopic (exact) mass is 360 g/mol. The molecule has 0 amide bonds. The molecule has 0 spiro atoms. The van der Waals surface area contributed by atoms with Gasteiger partial charge in [-0.3, -0.25) is 9.71 Å². The Morgan fingerprint density at radius 3 is 2.58 bits per heavy atom. The predicted molar refractivity (Wildman–Crippen MR) is 95.7 cm³/mol. The minimum absolute atomic E-state index is 0.289. The molecule has 0 aliphatic heterocycles. The van der Waals surface area contributed by atoms with E-state index in [0.29, 0.717) is 18.1 Å². The van der Waals surface area contributed by atoms with Crippen LogP contribution in [0.4, 0.5) is 11.5 Å². The molecule has 6 nitrogen and oxygen atoms in total. The van der Waals surface area contributed by atoms with Gasteiger partial charge in [-0.15, -0.1) is 11.3 Å². The lowest BCUT2D eigenvalue weighted by Gasteiger charge is -2.08. The molecule has 0 bridgehead atoms. The van der Waals surface area contributed by atoms with Crippen LogP contribution < -0.4 is 10.0 Å². The molecule has 0 unspecified atom stereocenters. The zero-order valence-corrected chi connectivity index (χ0v) is 14.6. The average Bonchev–Trinajstić information content (AvgIpc) is 3.02. The fraction of sp³-hybridized carbons (Fsp3) is 0.125. The van der Waals surface area contributed by atoms with Crippen molar-refractivity contribution in [1.29, 1.82) is 0 Å². The molecule has 2 N–H and O–H groups in total. The van der Waals surface area contributed by atoms with Crippen molar-refractivity contribution >= 4 is 32.9 Å². The number of thiophene rings is 1. The minimum Gasteiger partial charge on any atom is -0.364 e. The molecule has 0 aromatic carbocycles. The van der Waals surface area contributed by atoms with Crippen LogP contribution in [0.2, 0.25) is 0 Å². The standard InChI is InChI=1S/C16H16N4O2S2/c1-12-5-8-16(23-12)24(21,22)20-14-6-7-15(19-11-14)18-10-13-4-2-3-9-17-13/h2-9,11,20H,10H2,1H3,(H,18,19). The van der Waals surface area contributed by atoms with Crippen LogP contribution in [-0.2, 0) is 16.6 Å². The van der Waals surface area contributed by atoms with Gasteiger partial charge in [0.2, 0.25) is 0 Å². The second-order valence-corrected chi connectivity index (χ2v) is 8.27. The summed E-state index contributed by atoms with van der Waals surface area (Å²) in [6.07, 6.45) is 3.22. The van der Waals surface area contributed by atoms with Crippen molar-refractivity contribution in [3.05, 3.63) is 65.4 Å². The molecule has 3 aromatic heterocycles. The van der Waals surface area contributed by atoms with E-state index in [0.717, 1.165) is 10.6 Å². The molecule has 8 heteroatoms. The summed E-state index contributed by atoms with van der Waals surface area (Å²) >= 11 is 1.23. The van der Waals surface area contributed by atoms with Crippen LogP contribution >= 0.6 is 11.3 Å². The number of anilines is 2. The normalized spacial score (nSPS) is 11.2. The molecular formula is C16H16N4O2S2. The largest absolute Gasteiger partial charge is 0.364 e. The maximum atomic E-state index is 12.3. The first-order chi connectivity index (χ1) is 11.5. The Balaban J connectivity index is 1.64. The molecule has 3 rings (SSSR count). The molecule has 0 fully saturated rings. The lowest BCUT2D eigenvalue weighted by atomic mass is 10.3. The second-order valence-electron chi connectivity index (χ2n) is 5.08. The molecule has 0 radical (unpaired) electrons. The summed E-state index contributed by atoms with van der Waals surface area (Å²) in [5.74, 6) is 0.649. The Bertz CT molecular complexity index is 907. The van der Waals surface area contributed by atoms with Crippen LogP contribution in [0.15, 0.2) is 59.1 Å². The molecule has 3 heterocycles. The number of pyridine rings is 2. The fourth-order valence-electron chi connectivity index (χ4n) is 2.00. The van der Waals surface area contributed by atoms with Crippen LogP contribution in [0.3, 0.4) is 0 Å². The third-order valence-electron chi connectivity index (χ3n) is 3.17. The molecule has 3 aromatic rings. The predicted octanol–water partition coefficient (Wildman–Crippen LogP) is 3.26. The number of hydrogen-bond donors (Lipinski definition) is 2. The van der Waals surface area contributed by atoms with Gasteiger partial charge in [0.15, 0.2) is 0 Å². The van der Waals surface area contributed by atoms with E-state index in [9.17, 15) is 8.42 Å². The van der Waals surface area contributed by atoms with Gasteiger partial charge in [-0.05, 0) is 43.3 Å². The zero-order valence-electron chi connectivity index (χ0n) is 12.9. The van der Waals surface area contributed by atoms with E-state index in [2.05, 4.69) is 20.0 Å². The summed E-state index contributed by atoms with van der Waals surface area (Å²) in [5.41, 5.74) is 1.32. The molecule has 0 aliphatic carbocycles. The van der Waals surface area contributed by atoms with Crippen molar-refractivity contribution in [3.63, 3.8) is 0 Å². The number of rotatable bonds is 6. The Kier molecular flexibility index (Phi) is 4.77. The Labute approximate surface area is 144 Å². The van der Waals surface area contributed by atoms with Gasteiger partial charge in [0.1, 0.15) is 10.0 Å². The van der Waals surface area contributed by atoms with Gasteiger partial charge in [0.25, 0.3) is 10.0 Å². The quantitative estimate of drug-likeness (QED) is 0.705. The highest BCUT2D eigenvalue weighted by Gasteiger charge is 2.16. The average molecular weight is 360 g/mol. The van der Waals surface area contributed by atoms with Crippen LogP contribution in [0.5, 0.6) is 0 Å². The van der Waals surface area contributed by atoms with Gasteiger partial charge in [0, 0.05) is 11.1 Å². The van der Waals surface area contributed by atoms with Crippen LogP contribution in [0, 0.1) is 6.92 Å². The van der Waals surface area contributed by atoms with Gasteiger partial charge in [-0.2, -0.15) is 0 Å². The van der Waals surface area contributed by atoms with Crippen LogP contribution in [0.25, 0.3) is 0 Å². The summed E-state index contributed by atoms with van der Waals surface area (Å²) in [6.45, 7) is 2.42. The Morgan fingerprint density at radius 1 is 1.08 bits per heavy atom. The molecular weight excluding hydrogens is 344 g/mol. The number of hydrogen-bond acceptors (Lipinski definition) is 6. The maximum Gasteiger partial charge on any atom is 0.271 e. The van der Waals surface area contributed by atoms with E-state index in [1.165, 1.54) is 17.5 Å². The smallest absolute Gasteiger partial charge is 0.271 e. The first kappa shape index (κ1) is 16.4. The van der Waals surface area contributed by atoms with Crippen molar-refractivity contribution in [2.75, 3.05) is 10.0 Å². The van der Waals surface area contributed by atoms with E-state index in [1.807, 2.05) is 25.1 Å². The number of aryl methyl sites for hydroxylation is 1. The molecule has 24 heavy (non-hydrogen) atoms. The molecule has 124 valence electrons. The highest BCUT2D eigenvalue weighted by atomic mass is 32.2. The van der Waals surface area contributed by atoms with E-state index < -0.39 is 10.0 Å². The highest BCUT2D eigenvalue weighted by molar-refractivity contribution is 7.94. The number of nitrogens with zero attached hydrogens (tertiary/aromatic N) is 2. The van der Waals surface area contributed by atoms with Crippen molar-refractivity contribution in [3.8, 4) is 0 Å². The summed E-state index contributed by atoms with van der Waals surface area (Å²) in [6, 6.07) is 12.5. The lowest BCUT2D eigenvalue weighted by Crippen LogP contribution is -2.11. The maximum absolute atomic E-state index is 12.3. The van der Waals surface area contributed by atoms with Crippen molar-refractivity contribution in [1.82, 2.24) is 9.97 Å².